The molecule has 0 saturated heterocycles. The van der Waals surface area contributed by atoms with Gasteiger partial charge in [-0.2, -0.15) is 5.10 Å². The minimum Gasteiger partial charge on any atom is -0.310 e. The lowest BCUT2D eigenvalue weighted by Crippen LogP contribution is -2.20. The fourth-order valence-electron chi connectivity index (χ4n) is 3.28. The third-order valence-corrected chi connectivity index (χ3v) is 5.65. The zero-order valence-corrected chi connectivity index (χ0v) is 14.7. The number of amides is 2. The van der Waals surface area contributed by atoms with Gasteiger partial charge in [-0.15, -0.1) is 0 Å². The van der Waals surface area contributed by atoms with E-state index in [2.05, 4.69) is 20.1 Å². The first-order chi connectivity index (χ1) is 13.1. The number of nitrogens with zero attached hydrogens (tertiary/aromatic N) is 3. The lowest BCUT2D eigenvalue weighted by Gasteiger charge is -2.16. The van der Waals surface area contributed by atoms with Crippen molar-refractivity contribution in [3.05, 3.63) is 48.3 Å². The summed E-state index contributed by atoms with van der Waals surface area (Å²) in [6, 6.07) is 7.81. The number of rotatable bonds is 2. The molecule has 1 unspecified atom stereocenters. The molecule has 2 amide bonds. The molecule has 9 heteroatoms. The molecule has 0 fully saturated rings. The first kappa shape index (κ1) is 15.9. The van der Waals surface area contributed by atoms with Crippen molar-refractivity contribution in [2.75, 3.05) is 5.32 Å². The molecule has 4 heterocycles. The van der Waals surface area contributed by atoms with E-state index < -0.39 is 16.9 Å². The average Bonchev–Trinajstić information content (AvgIpc) is 3.22. The van der Waals surface area contributed by atoms with Gasteiger partial charge in [0.25, 0.3) is 5.91 Å². The zero-order valence-electron chi connectivity index (χ0n) is 13.9. The predicted molar refractivity (Wildman–Crippen MR) is 100 cm³/mol. The van der Waals surface area contributed by atoms with Crippen molar-refractivity contribution >= 4 is 44.5 Å². The van der Waals surface area contributed by atoms with Crippen LogP contribution >= 0.6 is 0 Å². The molecule has 0 bridgehead atoms. The van der Waals surface area contributed by atoms with Crippen LogP contribution in [-0.2, 0) is 27.0 Å². The van der Waals surface area contributed by atoms with E-state index in [1.165, 1.54) is 10.8 Å². The number of aryl methyl sites for hydroxylation is 1. The van der Waals surface area contributed by atoms with Gasteiger partial charge in [0.05, 0.1) is 11.7 Å². The van der Waals surface area contributed by atoms with Gasteiger partial charge in [-0.05, 0) is 35.7 Å². The molecule has 8 nitrogen and oxygen atoms in total. The Kier molecular flexibility index (Phi) is 3.44. The highest BCUT2D eigenvalue weighted by Crippen LogP contribution is 2.29. The molecule has 134 valence electrons. The van der Waals surface area contributed by atoms with E-state index in [4.69, 9.17) is 0 Å². The second kappa shape index (κ2) is 5.85. The Hall–Kier alpha value is -3.33. The van der Waals surface area contributed by atoms with Gasteiger partial charge in [-0.3, -0.25) is 14.3 Å². The largest absolute Gasteiger partial charge is 0.310 e. The molecule has 27 heavy (non-hydrogen) atoms. The summed E-state index contributed by atoms with van der Waals surface area (Å²) < 4.78 is 15.8. The predicted octanol–water partition coefficient (Wildman–Crippen LogP) is 1.57. The summed E-state index contributed by atoms with van der Waals surface area (Å²) in [6.45, 7) is 0. The normalized spacial score (nSPS) is 18.8. The quantitative estimate of drug-likeness (QED) is 0.703. The zero-order chi connectivity index (χ0) is 18.5. The SMILES string of the molecule is O=C1C=C(n2ncc3cc(-c4cnc5c(c4)CCC(=O)N5)ccc32)S(=O)N1. The maximum atomic E-state index is 12.0. The van der Waals surface area contributed by atoms with Crippen LogP contribution in [0.1, 0.15) is 12.0 Å². The molecular weight excluding hydrogens is 366 g/mol. The molecule has 1 atom stereocenters. The van der Waals surface area contributed by atoms with Crippen LogP contribution in [0.5, 0.6) is 0 Å². The number of aromatic nitrogens is 3. The van der Waals surface area contributed by atoms with Gasteiger partial charge < -0.3 is 5.32 Å². The molecule has 0 aliphatic carbocycles. The van der Waals surface area contributed by atoms with Gasteiger partial charge in [0.1, 0.15) is 5.82 Å². The van der Waals surface area contributed by atoms with Crippen molar-refractivity contribution in [1.82, 2.24) is 19.5 Å². The van der Waals surface area contributed by atoms with Crippen molar-refractivity contribution in [3.8, 4) is 11.1 Å². The fraction of sp³-hybridized carbons (Fsp3) is 0.111. The Morgan fingerprint density at radius 3 is 2.78 bits per heavy atom. The summed E-state index contributed by atoms with van der Waals surface area (Å²) in [5.74, 6) is 0.218. The highest BCUT2D eigenvalue weighted by atomic mass is 32.2. The van der Waals surface area contributed by atoms with Crippen LogP contribution in [0.25, 0.3) is 27.1 Å². The van der Waals surface area contributed by atoms with E-state index >= 15 is 0 Å². The van der Waals surface area contributed by atoms with Crippen LogP contribution in [0.4, 0.5) is 5.82 Å². The summed E-state index contributed by atoms with van der Waals surface area (Å²) in [4.78, 5) is 27.3. The van der Waals surface area contributed by atoms with E-state index in [0.717, 1.165) is 27.6 Å². The maximum absolute atomic E-state index is 12.0. The molecule has 0 saturated carbocycles. The summed E-state index contributed by atoms with van der Waals surface area (Å²) >= 11 is 0. The van der Waals surface area contributed by atoms with E-state index in [0.29, 0.717) is 23.7 Å². The van der Waals surface area contributed by atoms with Crippen molar-refractivity contribution in [2.45, 2.75) is 12.8 Å². The Balaban J connectivity index is 1.55. The van der Waals surface area contributed by atoms with Crippen LogP contribution in [-0.4, -0.2) is 30.8 Å². The number of hydrogen-bond donors (Lipinski definition) is 2. The number of hydrogen-bond acceptors (Lipinski definition) is 5. The van der Waals surface area contributed by atoms with Crippen LogP contribution < -0.4 is 10.0 Å². The maximum Gasteiger partial charge on any atom is 0.258 e. The highest BCUT2D eigenvalue weighted by molar-refractivity contribution is 7.93. The first-order valence-corrected chi connectivity index (χ1v) is 9.45. The van der Waals surface area contributed by atoms with Gasteiger partial charge in [-0.25, -0.2) is 13.9 Å². The molecule has 0 radical (unpaired) electrons. The van der Waals surface area contributed by atoms with Crippen LogP contribution in [0.2, 0.25) is 0 Å². The monoisotopic (exact) mass is 379 g/mol. The van der Waals surface area contributed by atoms with Gasteiger partial charge >= 0.3 is 0 Å². The van der Waals surface area contributed by atoms with E-state index in [1.54, 1.807) is 12.4 Å². The van der Waals surface area contributed by atoms with E-state index in [9.17, 15) is 13.8 Å². The minimum absolute atomic E-state index is 0.0110. The van der Waals surface area contributed by atoms with Crippen LogP contribution in [0.15, 0.2) is 42.7 Å². The molecule has 2 aromatic heterocycles. The number of benzene rings is 1. The number of carbonyl (C=O) groups is 2. The number of anilines is 1. The lowest BCUT2D eigenvalue weighted by atomic mass is 10.0. The smallest absolute Gasteiger partial charge is 0.258 e. The molecule has 1 aromatic carbocycles. The van der Waals surface area contributed by atoms with Gasteiger partial charge in [0, 0.05) is 29.6 Å². The minimum atomic E-state index is -1.60. The fourth-order valence-corrected chi connectivity index (χ4v) is 4.14. The second-order valence-electron chi connectivity index (χ2n) is 6.33. The summed E-state index contributed by atoms with van der Waals surface area (Å²) in [5.41, 5.74) is 3.68. The van der Waals surface area contributed by atoms with E-state index in [-0.39, 0.29) is 5.91 Å². The van der Waals surface area contributed by atoms with Crippen LogP contribution in [0.3, 0.4) is 0 Å². The summed E-state index contributed by atoms with van der Waals surface area (Å²) in [6.07, 6.45) is 5.82. The Bertz CT molecular complexity index is 1200. The number of pyridine rings is 1. The molecule has 5 rings (SSSR count). The average molecular weight is 379 g/mol. The standard InChI is InChI=1S/C18H13N5O3S/c24-15-4-2-11-6-12(8-19-18(11)21-15)10-1-3-14-13(5-10)9-20-23(14)17-7-16(25)22-27(17)26/h1,3,5-9H,2,4H2,(H,22,25)(H,19,21,24). The van der Waals surface area contributed by atoms with Crippen molar-refractivity contribution in [2.24, 2.45) is 0 Å². The van der Waals surface area contributed by atoms with Crippen molar-refractivity contribution < 1.29 is 13.8 Å². The van der Waals surface area contributed by atoms with E-state index in [1.807, 2.05) is 24.3 Å². The number of nitrogens with one attached hydrogen (secondary N) is 2. The lowest BCUT2D eigenvalue weighted by molar-refractivity contribution is -0.116. The van der Waals surface area contributed by atoms with Gasteiger partial charge in [0.15, 0.2) is 16.0 Å². The molecule has 2 aliphatic heterocycles. The first-order valence-electron chi connectivity index (χ1n) is 8.30. The Morgan fingerprint density at radius 1 is 1.07 bits per heavy atom. The second-order valence-corrected chi connectivity index (χ2v) is 7.49. The number of carbonyl (C=O) groups excluding carboxylic acids is 2. The van der Waals surface area contributed by atoms with Gasteiger partial charge in [-0.1, -0.05) is 6.07 Å². The highest BCUT2D eigenvalue weighted by Gasteiger charge is 2.23. The van der Waals surface area contributed by atoms with Gasteiger partial charge in [0.2, 0.25) is 5.91 Å². The third-order valence-electron chi connectivity index (χ3n) is 4.59. The molecule has 2 aliphatic rings. The Labute approximate surface area is 155 Å². The Morgan fingerprint density at radius 2 is 1.96 bits per heavy atom. The molecular formula is C18H13N5O3S. The summed E-state index contributed by atoms with van der Waals surface area (Å²) in [7, 11) is -1.60. The third kappa shape index (κ3) is 2.63. The van der Waals surface area contributed by atoms with Crippen LogP contribution in [0, 0.1) is 0 Å². The van der Waals surface area contributed by atoms with Crippen molar-refractivity contribution in [1.29, 1.82) is 0 Å². The topological polar surface area (TPSA) is 106 Å². The van der Waals surface area contributed by atoms with Crippen molar-refractivity contribution in [3.63, 3.8) is 0 Å². The molecule has 0 spiro atoms. The molecule has 3 aromatic rings. The summed E-state index contributed by atoms with van der Waals surface area (Å²) in [5, 5.41) is 8.23. The number of fused-ring (bicyclic) bond motifs is 2. The molecule has 2 N–H and O–H groups in total.